The number of likely N-dealkylation sites (tertiary alicyclic amines) is 1. The van der Waals surface area contributed by atoms with E-state index < -0.39 is 0 Å². The highest BCUT2D eigenvalue weighted by Crippen LogP contribution is 2.53. The van der Waals surface area contributed by atoms with Crippen molar-refractivity contribution in [1.82, 2.24) is 4.90 Å². The maximum absolute atomic E-state index is 12.5. The minimum Gasteiger partial charge on any atom is -0.332 e. The Hall–Kier alpha value is -1.64. The quantitative estimate of drug-likeness (QED) is 0.852. The van der Waals surface area contributed by atoms with Crippen molar-refractivity contribution < 1.29 is 9.59 Å². The van der Waals surface area contributed by atoms with Crippen LogP contribution in [0.4, 0.5) is 0 Å². The lowest BCUT2D eigenvalue weighted by Gasteiger charge is -2.30. The van der Waals surface area contributed by atoms with Crippen LogP contribution in [-0.2, 0) is 15.1 Å². The Morgan fingerprint density at radius 3 is 2.38 bits per heavy atom. The van der Waals surface area contributed by atoms with Gasteiger partial charge in [-0.05, 0) is 31.2 Å². The molecule has 3 nitrogen and oxygen atoms in total. The first-order chi connectivity index (χ1) is 10.2. The molecule has 1 amide bonds. The molecule has 0 N–H and O–H groups in total. The second kappa shape index (κ2) is 4.69. The third-order valence-corrected chi connectivity index (χ3v) is 5.59. The predicted molar refractivity (Wildman–Crippen MR) is 79.5 cm³/mol. The summed E-state index contributed by atoms with van der Waals surface area (Å²) in [5, 5.41) is 0. The number of rotatable bonds is 4. The molecule has 110 valence electrons. The first-order valence-electron chi connectivity index (χ1n) is 8.10. The summed E-state index contributed by atoms with van der Waals surface area (Å²) in [5.74, 6) is 0.716. The van der Waals surface area contributed by atoms with Crippen molar-refractivity contribution in [3.8, 4) is 0 Å². The lowest BCUT2D eigenvalue weighted by Crippen LogP contribution is -2.38. The van der Waals surface area contributed by atoms with E-state index in [1.54, 1.807) is 0 Å². The van der Waals surface area contributed by atoms with E-state index in [4.69, 9.17) is 0 Å². The lowest BCUT2D eigenvalue weighted by molar-refractivity contribution is -0.131. The van der Waals surface area contributed by atoms with E-state index in [0.29, 0.717) is 18.7 Å². The van der Waals surface area contributed by atoms with E-state index in [1.807, 2.05) is 23.1 Å². The molecule has 0 unspecified atom stereocenters. The van der Waals surface area contributed by atoms with Gasteiger partial charge in [-0.1, -0.05) is 36.8 Å². The number of Topliss-reactive ketones (excluding diaryl/α,β-unsaturated/α-hetero) is 1. The molecule has 0 spiro atoms. The van der Waals surface area contributed by atoms with E-state index in [9.17, 15) is 9.59 Å². The molecule has 4 rings (SSSR count). The summed E-state index contributed by atoms with van der Waals surface area (Å²) in [6, 6.07) is 10.3. The van der Waals surface area contributed by atoms with Crippen LogP contribution in [-0.4, -0.2) is 23.1 Å². The minimum absolute atomic E-state index is 0.0519. The highest BCUT2D eigenvalue weighted by atomic mass is 16.2. The predicted octanol–water partition coefficient (Wildman–Crippen LogP) is 2.89. The van der Waals surface area contributed by atoms with Gasteiger partial charge in [-0.15, -0.1) is 0 Å². The molecule has 3 aliphatic rings. The lowest BCUT2D eigenvalue weighted by atomic mass is 9.77. The number of ketones is 1. The standard InChI is InChI=1S/C18H21NO2/c20-16-11-14(17(21)13-5-4-6-13)12-19(16)18(9-10-18)15-7-2-1-3-8-15/h1-3,7-8,13-14H,4-6,9-12H2/t14-/m1/s1. The molecule has 21 heavy (non-hydrogen) atoms. The highest BCUT2D eigenvalue weighted by Gasteiger charge is 2.55. The summed E-state index contributed by atoms with van der Waals surface area (Å²) in [6.45, 7) is 0.642. The van der Waals surface area contributed by atoms with Crippen LogP contribution in [0.15, 0.2) is 30.3 Å². The monoisotopic (exact) mass is 283 g/mol. The SMILES string of the molecule is O=C(C1CCC1)[C@@H]1CC(=O)N(C2(c3ccccc3)CC2)C1. The van der Waals surface area contributed by atoms with E-state index in [-0.39, 0.29) is 23.3 Å². The molecule has 1 aliphatic heterocycles. The molecule has 3 heteroatoms. The molecule has 1 heterocycles. The zero-order valence-electron chi connectivity index (χ0n) is 12.3. The van der Waals surface area contributed by atoms with Gasteiger partial charge in [0.15, 0.2) is 0 Å². The van der Waals surface area contributed by atoms with Crippen LogP contribution in [0.3, 0.4) is 0 Å². The number of nitrogens with zero attached hydrogens (tertiary/aromatic N) is 1. The molecule has 0 aromatic heterocycles. The maximum atomic E-state index is 12.5. The molecule has 2 saturated carbocycles. The van der Waals surface area contributed by atoms with Crippen LogP contribution in [0.25, 0.3) is 0 Å². The fourth-order valence-corrected chi connectivity index (χ4v) is 3.92. The minimum atomic E-state index is -0.104. The van der Waals surface area contributed by atoms with E-state index >= 15 is 0 Å². The topological polar surface area (TPSA) is 37.4 Å². The summed E-state index contributed by atoms with van der Waals surface area (Å²) >= 11 is 0. The Labute approximate surface area is 125 Å². The average Bonchev–Trinajstić information content (AvgIpc) is 3.15. The fourth-order valence-electron chi connectivity index (χ4n) is 3.92. The normalized spacial score (nSPS) is 27.5. The second-order valence-electron chi connectivity index (χ2n) is 6.83. The molecule has 1 saturated heterocycles. The van der Waals surface area contributed by atoms with Gasteiger partial charge in [-0.2, -0.15) is 0 Å². The average molecular weight is 283 g/mol. The van der Waals surface area contributed by atoms with Gasteiger partial charge in [0, 0.05) is 24.8 Å². The number of amides is 1. The fraction of sp³-hybridized carbons (Fsp3) is 0.556. The van der Waals surface area contributed by atoms with Crippen molar-refractivity contribution in [3.63, 3.8) is 0 Å². The number of carbonyl (C=O) groups is 2. The van der Waals surface area contributed by atoms with Crippen LogP contribution in [0, 0.1) is 11.8 Å². The maximum Gasteiger partial charge on any atom is 0.224 e. The van der Waals surface area contributed by atoms with Crippen molar-refractivity contribution >= 4 is 11.7 Å². The molecule has 0 radical (unpaired) electrons. The van der Waals surface area contributed by atoms with Gasteiger partial charge in [0.1, 0.15) is 5.78 Å². The largest absolute Gasteiger partial charge is 0.332 e. The van der Waals surface area contributed by atoms with Crippen molar-refractivity contribution in [2.75, 3.05) is 6.54 Å². The number of hydrogen-bond donors (Lipinski definition) is 0. The third kappa shape index (κ3) is 2.02. The van der Waals surface area contributed by atoms with Crippen molar-refractivity contribution in [2.45, 2.75) is 44.1 Å². The molecular weight excluding hydrogens is 262 g/mol. The van der Waals surface area contributed by atoms with E-state index in [2.05, 4.69) is 12.1 Å². The second-order valence-corrected chi connectivity index (χ2v) is 6.83. The smallest absolute Gasteiger partial charge is 0.224 e. The molecule has 0 bridgehead atoms. The van der Waals surface area contributed by atoms with Gasteiger partial charge in [0.25, 0.3) is 0 Å². The Kier molecular flexibility index (Phi) is 2.91. The van der Waals surface area contributed by atoms with Crippen LogP contribution >= 0.6 is 0 Å². The van der Waals surface area contributed by atoms with Gasteiger partial charge in [-0.25, -0.2) is 0 Å². The molecule has 2 aliphatic carbocycles. The number of hydrogen-bond acceptors (Lipinski definition) is 2. The van der Waals surface area contributed by atoms with E-state index in [1.165, 1.54) is 12.0 Å². The summed E-state index contributed by atoms with van der Waals surface area (Å²) in [5.41, 5.74) is 1.13. The Balaban J connectivity index is 1.54. The van der Waals surface area contributed by atoms with E-state index in [0.717, 1.165) is 25.7 Å². The highest BCUT2D eigenvalue weighted by molar-refractivity contribution is 5.92. The molecule has 1 aromatic carbocycles. The van der Waals surface area contributed by atoms with Gasteiger partial charge in [0.05, 0.1) is 5.54 Å². The third-order valence-electron chi connectivity index (χ3n) is 5.59. The molecule has 3 fully saturated rings. The van der Waals surface area contributed by atoms with Crippen molar-refractivity contribution in [2.24, 2.45) is 11.8 Å². The molecule has 1 atom stereocenters. The van der Waals surface area contributed by atoms with Gasteiger partial charge >= 0.3 is 0 Å². The zero-order chi connectivity index (χ0) is 14.4. The van der Waals surface area contributed by atoms with Crippen molar-refractivity contribution in [3.05, 3.63) is 35.9 Å². The van der Waals surface area contributed by atoms with Gasteiger partial charge in [0.2, 0.25) is 5.91 Å². The van der Waals surface area contributed by atoms with Crippen LogP contribution in [0.1, 0.15) is 44.1 Å². The van der Waals surface area contributed by atoms with Crippen LogP contribution in [0.2, 0.25) is 0 Å². The summed E-state index contributed by atoms with van der Waals surface area (Å²) in [4.78, 5) is 26.9. The Morgan fingerprint density at radius 2 is 1.81 bits per heavy atom. The van der Waals surface area contributed by atoms with Gasteiger partial charge in [-0.3, -0.25) is 9.59 Å². The number of benzene rings is 1. The molecule has 1 aromatic rings. The first-order valence-corrected chi connectivity index (χ1v) is 8.10. The van der Waals surface area contributed by atoms with Crippen LogP contribution < -0.4 is 0 Å². The first kappa shape index (κ1) is 13.1. The Bertz CT molecular complexity index is 572. The molecular formula is C18H21NO2. The summed E-state index contributed by atoms with van der Waals surface area (Å²) < 4.78 is 0. The summed E-state index contributed by atoms with van der Waals surface area (Å²) in [7, 11) is 0. The van der Waals surface area contributed by atoms with Crippen molar-refractivity contribution in [1.29, 1.82) is 0 Å². The Morgan fingerprint density at radius 1 is 1.10 bits per heavy atom. The summed E-state index contributed by atoms with van der Waals surface area (Å²) in [6.07, 6.45) is 5.75. The number of carbonyl (C=O) groups excluding carboxylic acids is 2. The van der Waals surface area contributed by atoms with Gasteiger partial charge < -0.3 is 4.90 Å². The van der Waals surface area contributed by atoms with Crippen LogP contribution in [0.5, 0.6) is 0 Å². The zero-order valence-corrected chi connectivity index (χ0v) is 12.3.